The van der Waals surface area contributed by atoms with E-state index in [9.17, 15) is 0 Å². The van der Waals surface area contributed by atoms with Crippen LogP contribution in [0.5, 0.6) is 0 Å². The molecule has 2 heteroatoms. The minimum Gasteiger partial charge on any atom is -0.363 e. The topological polar surface area (TPSA) is 21.8 Å². The monoisotopic (exact) mass is 204 g/mol. The first-order valence-corrected chi connectivity index (χ1v) is 5.45. The Bertz CT molecular complexity index is 385. The Labute approximate surface area is 90.2 Å². The number of hydrogen-bond donors (Lipinski definition) is 0. The number of benzene rings is 1. The standard InChI is InChI=1S/C13H16O2/c1-12(2)10-11(14-10)13(3,15-12)9-7-5-4-6-8-9/h4-8,10-11H,1-3H3. The van der Waals surface area contributed by atoms with Gasteiger partial charge in [-0.15, -0.1) is 0 Å². The first kappa shape index (κ1) is 9.37. The van der Waals surface area contributed by atoms with Crippen LogP contribution in [-0.2, 0) is 15.1 Å². The average molecular weight is 204 g/mol. The fourth-order valence-electron chi connectivity index (χ4n) is 2.71. The third-order valence-electron chi connectivity index (χ3n) is 3.54. The number of rotatable bonds is 1. The summed E-state index contributed by atoms with van der Waals surface area (Å²) in [5.41, 5.74) is 0.785. The lowest BCUT2D eigenvalue weighted by atomic mass is 9.92. The molecule has 0 bridgehead atoms. The van der Waals surface area contributed by atoms with E-state index < -0.39 is 0 Å². The van der Waals surface area contributed by atoms with Crippen LogP contribution in [0.4, 0.5) is 0 Å². The maximum Gasteiger partial charge on any atom is 0.120 e. The van der Waals surface area contributed by atoms with E-state index in [0.717, 1.165) is 0 Å². The van der Waals surface area contributed by atoms with Crippen molar-refractivity contribution in [3.63, 3.8) is 0 Å². The van der Waals surface area contributed by atoms with Crippen molar-refractivity contribution < 1.29 is 9.47 Å². The third kappa shape index (κ3) is 1.18. The zero-order chi connectivity index (χ0) is 10.7. The summed E-state index contributed by atoms with van der Waals surface area (Å²) >= 11 is 0. The van der Waals surface area contributed by atoms with Crippen molar-refractivity contribution in [2.75, 3.05) is 0 Å². The summed E-state index contributed by atoms with van der Waals surface area (Å²) in [6.07, 6.45) is 0.498. The van der Waals surface area contributed by atoms with Crippen LogP contribution >= 0.6 is 0 Å². The van der Waals surface area contributed by atoms with Crippen LogP contribution in [0.15, 0.2) is 30.3 Å². The second-order valence-corrected chi connectivity index (χ2v) is 5.16. The summed E-state index contributed by atoms with van der Waals surface area (Å²) in [7, 11) is 0. The molecule has 0 saturated carbocycles. The van der Waals surface area contributed by atoms with E-state index in [1.165, 1.54) is 5.56 Å². The van der Waals surface area contributed by atoms with E-state index in [4.69, 9.17) is 9.47 Å². The highest BCUT2D eigenvalue weighted by Gasteiger charge is 2.68. The van der Waals surface area contributed by atoms with Crippen LogP contribution in [0.25, 0.3) is 0 Å². The lowest BCUT2D eigenvalue weighted by Gasteiger charge is -2.31. The molecule has 0 N–H and O–H groups in total. The van der Waals surface area contributed by atoms with E-state index in [1.807, 2.05) is 18.2 Å². The number of hydrogen-bond acceptors (Lipinski definition) is 2. The number of fused-ring (bicyclic) bond motifs is 1. The highest BCUT2D eigenvalue weighted by Crippen LogP contribution is 2.55. The molecule has 0 aromatic heterocycles. The fourth-order valence-corrected chi connectivity index (χ4v) is 2.71. The molecule has 0 spiro atoms. The van der Waals surface area contributed by atoms with Crippen molar-refractivity contribution in [1.29, 1.82) is 0 Å². The van der Waals surface area contributed by atoms with Crippen molar-refractivity contribution in [2.45, 2.75) is 44.2 Å². The summed E-state index contributed by atoms with van der Waals surface area (Å²) in [5, 5.41) is 0. The van der Waals surface area contributed by atoms with Crippen LogP contribution < -0.4 is 0 Å². The molecule has 0 radical (unpaired) electrons. The van der Waals surface area contributed by atoms with Crippen molar-refractivity contribution in [2.24, 2.45) is 0 Å². The van der Waals surface area contributed by atoms with Gasteiger partial charge in [-0.2, -0.15) is 0 Å². The second kappa shape index (κ2) is 2.63. The van der Waals surface area contributed by atoms with Crippen molar-refractivity contribution >= 4 is 0 Å². The molecule has 0 amide bonds. The van der Waals surface area contributed by atoms with Gasteiger partial charge in [-0.1, -0.05) is 30.3 Å². The van der Waals surface area contributed by atoms with Gasteiger partial charge in [-0.05, 0) is 26.3 Å². The molecule has 0 aliphatic carbocycles. The molecule has 3 atom stereocenters. The molecule has 2 aliphatic rings. The third-order valence-corrected chi connectivity index (χ3v) is 3.54. The molecule has 2 nitrogen and oxygen atoms in total. The first-order chi connectivity index (χ1) is 7.04. The zero-order valence-corrected chi connectivity index (χ0v) is 9.36. The quantitative estimate of drug-likeness (QED) is 0.655. The van der Waals surface area contributed by atoms with E-state index in [1.54, 1.807) is 0 Å². The lowest BCUT2D eigenvalue weighted by Crippen LogP contribution is -2.34. The smallest absolute Gasteiger partial charge is 0.120 e. The molecule has 1 aromatic rings. The van der Waals surface area contributed by atoms with Gasteiger partial charge in [0.15, 0.2) is 0 Å². The molecule has 2 heterocycles. The largest absolute Gasteiger partial charge is 0.363 e. The maximum absolute atomic E-state index is 6.16. The molecule has 3 rings (SSSR count). The van der Waals surface area contributed by atoms with E-state index in [2.05, 4.69) is 32.9 Å². The summed E-state index contributed by atoms with van der Waals surface area (Å²) in [6, 6.07) is 10.3. The average Bonchev–Trinajstić information content (AvgIpc) is 2.95. The Morgan fingerprint density at radius 1 is 1.00 bits per heavy atom. The van der Waals surface area contributed by atoms with Gasteiger partial charge in [-0.3, -0.25) is 0 Å². The van der Waals surface area contributed by atoms with Gasteiger partial charge in [0.05, 0.1) is 5.60 Å². The Morgan fingerprint density at radius 2 is 1.67 bits per heavy atom. The zero-order valence-electron chi connectivity index (χ0n) is 9.36. The van der Waals surface area contributed by atoms with Gasteiger partial charge in [0.25, 0.3) is 0 Å². The van der Waals surface area contributed by atoms with Crippen molar-refractivity contribution in [3.05, 3.63) is 35.9 Å². The van der Waals surface area contributed by atoms with Gasteiger partial charge < -0.3 is 9.47 Å². The number of epoxide rings is 1. The highest BCUT2D eigenvalue weighted by atomic mass is 16.7. The maximum atomic E-state index is 6.16. The fraction of sp³-hybridized carbons (Fsp3) is 0.538. The van der Waals surface area contributed by atoms with Gasteiger partial charge in [-0.25, -0.2) is 0 Å². The first-order valence-electron chi connectivity index (χ1n) is 5.45. The molecule has 3 unspecified atom stereocenters. The summed E-state index contributed by atoms with van der Waals surface area (Å²) in [5.74, 6) is 0. The van der Waals surface area contributed by atoms with E-state index >= 15 is 0 Å². The van der Waals surface area contributed by atoms with Gasteiger partial charge >= 0.3 is 0 Å². The van der Waals surface area contributed by atoms with E-state index in [-0.39, 0.29) is 23.4 Å². The Balaban J connectivity index is 2.00. The highest BCUT2D eigenvalue weighted by molar-refractivity contribution is 5.30. The lowest BCUT2D eigenvalue weighted by molar-refractivity contribution is -0.142. The minimum absolute atomic E-state index is 0.157. The molecule has 2 saturated heterocycles. The van der Waals surface area contributed by atoms with Gasteiger partial charge in [0.1, 0.15) is 17.8 Å². The minimum atomic E-state index is -0.268. The van der Waals surface area contributed by atoms with Crippen LogP contribution in [0, 0.1) is 0 Å². The summed E-state index contributed by atoms with van der Waals surface area (Å²) in [6.45, 7) is 6.33. The summed E-state index contributed by atoms with van der Waals surface area (Å²) < 4.78 is 11.9. The molecule has 80 valence electrons. The van der Waals surface area contributed by atoms with Crippen LogP contribution in [0.2, 0.25) is 0 Å². The normalized spacial score (nSPS) is 41.3. The molecular formula is C13H16O2. The number of ether oxygens (including phenoxy) is 2. The van der Waals surface area contributed by atoms with Crippen molar-refractivity contribution in [3.8, 4) is 0 Å². The van der Waals surface area contributed by atoms with Crippen LogP contribution in [0.1, 0.15) is 26.3 Å². The molecular weight excluding hydrogens is 188 g/mol. The Kier molecular flexibility index (Phi) is 1.64. The predicted molar refractivity (Wildman–Crippen MR) is 57.6 cm³/mol. The Hall–Kier alpha value is -0.860. The molecule has 2 aliphatic heterocycles. The molecule has 1 aromatic carbocycles. The molecule has 15 heavy (non-hydrogen) atoms. The molecule has 2 fully saturated rings. The summed E-state index contributed by atoms with van der Waals surface area (Å²) in [4.78, 5) is 0. The van der Waals surface area contributed by atoms with E-state index in [0.29, 0.717) is 0 Å². The van der Waals surface area contributed by atoms with Crippen LogP contribution in [0.3, 0.4) is 0 Å². The predicted octanol–water partition coefficient (Wildman–Crippen LogP) is 2.48. The van der Waals surface area contributed by atoms with Crippen LogP contribution in [-0.4, -0.2) is 17.8 Å². The van der Waals surface area contributed by atoms with Gasteiger partial charge in [0.2, 0.25) is 0 Å². The SMILES string of the molecule is CC1(C)OC(C)(c2ccccc2)C2OC21. The van der Waals surface area contributed by atoms with Gasteiger partial charge in [0, 0.05) is 0 Å². The Morgan fingerprint density at radius 3 is 2.13 bits per heavy atom. The second-order valence-electron chi connectivity index (χ2n) is 5.16. The van der Waals surface area contributed by atoms with Crippen molar-refractivity contribution in [1.82, 2.24) is 0 Å².